The zero-order valence-corrected chi connectivity index (χ0v) is 14.9. The minimum absolute atomic E-state index is 0.0775. The lowest BCUT2D eigenvalue weighted by molar-refractivity contribution is 0.178. The molecule has 0 heterocycles. The van der Waals surface area contributed by atoms with E-state index in [4.69, 9.17) is 16.0 Å². The van der Waals surface area contributed by atoms with Crippen LogP contribution in [0.3, 0.4) is 0 Å². The summed E-state index contributed by atoms with van der Waals surface area (Å²) in [7, 11) is -1.93. The lowest BCUT2D eigenvalue weighted by atomic mass is 10.1. The Kier molecular flexibility index (Phi) is 5.81. The van der Waals surface area contributed by atoms with Crippen molar-refractivity contribution in [1.82, 2.24) is 5.32 Å². The van der Waals surface area contributed by atoms with E-state index >= 15 is 0 Å². The van der Waals surface area contributed by atoms with Crippen LogP contribution in [0.2, 0.25) is 18.1 Å². The summed E-state index contributed by atoms with van der Waals surface area (Å²) >= 11 is 0. The molecule has 0 saturated heterocycles. The Balaban J connectivity index is 2.90. The van der Waals surface area contributed by atoms with Gasteiger partial charge in [0.15, 0.2) is 8.32 Å². The summed E-state index contributed by atoms with van der Waals surface area (Å²) in [6.45, 7) is 11.1. The molecule has 0 aliphatic carbocycles. The molecule has 120 valence electrons. The van der Waals surface area contributed by atoms with Crippen molar-refractivity contribution in [3.63, 3.8) is 0 Å². The van der Waals surface area contributed by atoms with Crippen LogP contribution in [0.5, 0.6) is 0 Å². The third-order valence-electron chi connectivity index (χ3n) is 4.19. The molecule has 0 aromatic heterocycles. The monoisotopic (exact) mass is 319 g/mol. The minimum atomic E-state index is -1.93. The van der Waals surface area contributed by atoms with Gasteiger partial charge in [0.2, 0.25) is 0 Å². The first-order valence-electron chi connectivity index (χ1n) is 7.27. The first kappa shape index (κ1) is 18.3. The smallest absolute Gasteiger partial charge is 0.405 e. The molecule has 1 aromatic rings. The van der Waals surface area contributed by atoms with Crippen LogP contribution >= 0.6 is 0 Å². The van der Waals surface area contributed by atoms with Crippen molar-refractivity contribution >= 4 is 14.4 Å². The molecule has 0 fully saturated rings. The lowest BCUT2D eigenvalue weighted by Gasteiger charge is -2.37. The van der Waals surface area contributed by atoms with Crippen molar-refractivity contribution in [2.24, 2.45) is 0 Å². The van der Waals surface area contributed by atoms with E-state index in [2.05, 4.69) is 45.1 Å². The van der Waals surface area contributed by atoms with Crippen LogP contribution in [0, 0.1) is 12.3 Å². The largest absolute Gasteiger partial charge is 0.465 e. The van der Waals surface area contributed by atoms with Gasteiger partial charge >= 0.3 is 6.09 Å². The molecular weight excluding hydrogens is 294 g/mol. The molecule has 1 rings (SSSR count). The van der Waals surface area contributed by atoms with Gasteiger partial charge in [0.1, 0.15) is 0 Å². The maximum absolute atomic E-state index is 11.0. The van der Waals surface area contributed by atoms with E-state index in [0.29, 0.717) is 6.61 Å². The quantitative estimate of drug-likeness (QED) is 0.637. The van der Waals surface area contributed by atoms with E-state index < -0.39 is 20.5 Å². The fourth-order valence-corrected chi connectivity index (χ4v) is 2.71. The Bertz CT molecular complexity index is 553. The highest BCUT2D eigenvalue weighted by atomic mass is 28.4. The van der Waals surface area contributed by atoms with Gasteiger partial charge < -0.3 is 14.8 Å². The number of rotatable bonds is 5. The molecule has 4 nitrogen and oxygen atoms in total. The van der Waals surface area contributed by atoms with Crippen molar-refractivity contribution in [3.8, 4) is 12.3 Å². The van der Waals surface area contributed by atoms with Crippen LogP contribution in [0.15, 0.2) is 24.3 Å². The van der Waals surface area contributed by atoms with Crippen molar-refractivity contribution in [2.75, 3.05) is 6.61 Å². The lowest BCUT2D eigenvalue weighted by Crippen LogP contribution is -2.43. The highest BCUT2D eigenvalue weighted by Crippen LogP contribution is 2.37. The summed E-state index contributed by atoms with van der Waals surface area (Å²) in [5.74, 6) is 2.55. The number of carbonyl (C=O) groups is 1. The molecule has 1 atom stereocenters. The van der Waals surface area contributed by atoms with Gasteiger partial charge in [-0.3, -0.25) is 0 Å². The van der Waals surface area contributed by atoms with E-state index in [9.17, 15) is 4.79 Å². The predicted octanol–water partition coefficient (Wildman–Crippen LogP) is 4.00. The van der Waals surface area contributed by atoms with Crippen LogP contribution in [-0.4, -0.2) is 26.1 Å². The van der Waals surface area contributed by atoms with Crippen LogP contribution in [0.25, 0.3) is 0 Å². The third kappa shape index (κ3) is 4.90. The predicted molar refractivity (Wildman–Crippen MR) is 91.4 cm³/mol. The van der Waals surface area contributed by atoms with E-state index in [1.807, 2.05) is 12.1 Å². The fraction of sp³-hybridized carbons (Fsp3) is 0.471. The molecule has 0 unspecified atom stereocenters. The molecule has 0 saturated carbocycles. The molecule has 5 heteroatoms. The van der Waals surface area contributed by atoms with E-state index in [0.717, 1.165) is 11.1 Å². The Morgan fingerprint density at radius 2 is 1.91 bits per heavy atom. The number of hydrogen-bond donors (Lipinski definition) is 2. The molecule has 0 aliphatic rings. The minimum Gasteiger partial charge on any atom is -0.465 e. The fourth-order valence-electron chi connectivity index (χ4n) is 1.69. The summed E-state index contributed by atoms with van der Waals surface area (Å²) in [6, 6.07) is 6.88. The standard InChI is InChI=1S/C17H25NO3Si/c1-7-13-8-10-14(11-9-13)15(18-16(19)20)12-21-22(5,6)17(2,3)4/h1,8-11,15,18H,12H2,2-6H3,(H,19,20)/t15-/m0/s1. The van der Waals surface area contributed by atoms with Crippen molar-refractivity contribution < 1.29 is 14.3 Å². The number of benzene rings is 1. The second-order valence-electron chi connectivity index (χ2n) is 6.84. The number of amides is 1. The molecular formula is C17H25NO3Si. The molecule has 1 aromatic carbocycles. The van der Waals surface area contributed by atoms with E-state index in [-0.39, 0.29) is 5.04 Å². The molecule has 0 bridgehead atoms. The van der Waals surface area contributed by atoms with Crippen molar-refractivity contribution in [1.29, 1.82) is 0 Å². The van der Waals surface area contributed by atoms with Gasteiger partial charge in [0, 0.05) is 5.56 Å². The summed E-state index contributed by atoms with van der Waals surface area (Å²) in [5.41, 5.74) is 1.61. The van der Waals surface area contributed by atoms with Gasteiger partial charge in [-0.2, -0.15) is 0 Å². The Morgan fingerprint density at radius 3 is 2.32 bits per heavy atom. The molecule has 0 spiro atoms. The van der Waals surface area contributed by atoms with Gasteiger partial charge in [-0.1, -0.05) is 38.8 Å². The van der Waals surface area contributed by atoms with Crippen LogP contribution in [0.1, 0.15) is 37.9 Å². The first-order valence-corrected chi connectivity index (χ1v) is 10.2. The Morgan fingerprint density at radius 1 is 1.36 bits per heavy atom. The van der Waals surface area contributed by atoms with Gasteiger partial charge in [-0.05, 0) is 35.8 Å². The number of terminal acetylenes is 1. The van der Waals surface area contributed by atoms with Crippen LogP contribution in [0.4, 0.5) is 4.79 Å². The first-order chi connectivity index (χ1) is 10.1. The maximum Gasteiger partial charge on any atom is 0.405 e. The Labute approximate surface area is 134 Å². The van der Waals surface area contributed by atoms with Crippen molar-refractivity contribution in [2.45, 2.75) is 44.9 Å². The summed E-state index contributed by atoms with van der Waals surface area (Å²) in [4.78, 5) is 11.0. The van der Waals surface area contributed by atoms with Crippen LogP contribution < -0.4 is 5.32 Å². The summed E-state index contributed by atoms with van der Waals surface area (Å²) < 4.78 is 6.14. The zero-order valence-electron chi connectivity index (χ0n) is 13.9. The second-order valence-corrected chi connectivity index (χ2v) is 11.6. The third-order valence-corrected chi connectivity index (χ3v) is 8.70. The maximum atomic E-state index is 11.0. The zero-order chi connectivity index (χ0) is 17.0. The van der Waals surface area contributed by atoms with Crippen LogP contribution in [-0.2, 0) is 4.43 Å². The molecule has 0 radical (unpaired) electrons. The highest BCUT2D eigenvalue weighted by Gasteiger charge is 2.37. The molecule has 2 N–H and O–H groups in total. The Hall–Kier alpha value is -1.77. The second kappa shape index (κ2) is 6.99. The summed E-state index contributed by atoms with van der Waals surface area (Å²) in [5, 5.41) is 11.6. The highest BCUT2D eigenvalue weighted by molar-refractivity contribution is 6.74. The number of nitrogens with one attached hydrogen (secondary N) is 1. The normalized spacial score (nSPS) is 13.3. The average molecular weight is 319 g/mol. The van der Waals surface area contributed by atoms with Gasteiger partial charge in [0.05, 0.1) is 12.6 Å². The summed E-state index contributed by atoms with van der Waals surface area (Å²) in [6.07, 6.45) is 4.28. The molecule has 0 aliphatic heterocycles. The van der Waals surface area contributed by atoms with E-state index in [1.54, 1.807) is 12.1 Å². The SMILES string of the molecule is C#Cc1ccc([C@H](CO[Si](C)(C)C(C)(C)C)NC(=O)O)cc1. The topological polar surface area (TPSA) is 58.6 Å². The average Bonchev–Trinajstić information content (AvgIpc) is 2.42. The number of hydrogen-bond acceptors (Lipinski definition) is 2. The van der Waals surface area contributed by atoms with Gasteiger partial charge in [0.25, 0.3) is 0 Å². The van der Waals surface area contributed by atoms with Gasteiger partial charge in [-0.25, -0.2) is 4.79 Å². The number of carboxylic acid groups (broad SMARTS) is 1. The molecule has 22 heavy (non-hydrogen) atoms. The van der Waals surface area contributed by atoms with Crippen molar-refractivity contribution in [3.05, 3.63) is 35.4 Å². The molecule has 1 amide bonds. The van der Waals surface area contributed by atoms with Gasteiger partial charge in [-0.15, -0.1) is 6.42 Å². The van der Waals surface area contributed by atoms with E-state index in [1.165, 1.54) is 0 Å².